The van der Waals surface area contributed by atoms with Gasteiger partial charge in [0.1, 0.15) is 0 Å². The minimum Gasteiger partial charge on any atom is -0.388 e. The lowest BCUT2D eigenvalue weighted by Gasteiger charge is -2.20. The number of aromatic nitrogens is 1. The molecule has 19 heavy (non-hydrogen) atoms. The number of aliphatic hydroxyl groups is 1. The van der Waals surface area contributed by atoms with Gasteiger partial charge in [0.15, 0.2) is 5.13 Å². The molecular formula is C14H25N3OS. The van der Waals surface area contributed by atoms with E-state index < -0.39 is 0 Å². The van der Waals surface area contributed by atoms with Gasteiger partial charge < -0.3 is 14.9 Å². The second kappa shape index (κ2) is 6.68. The van der Waals surface area contributed by atoms with Gasteiger partial charge in [-0.15, -0.1) is 0 Å². The first-order chi connectivity index (χ1) is 9.11. The zero-order valence-electron chi connectivity index (χ0n) is 12.2. The number of aliphatic hydroxyl groups excluding tert-OH is 1. The molecule has 0 amide bonds. The summed E-state index contributed by atoms with van der Waals surface area (Å²) in [5.74, 6) is 0. The van der Waals surface area contributed by atoms with E-state index >= 15 is 0 Å². The maximum absolute atomic E-state index is 10.0. The predicted molar refractivity (Wildman–Crippen MR) is 81.1 cm³/mol. The van der Waals surface area contributed by atoms with Gasteiger partial charge in [0.05, 0.1) is 16.7 Å². The van der Waals surface area contributed by atoms with Crippen LogP contribution in [0.4, 0.5) is 5.13 Å². The summed E-state index contributed by atoms with van der Waals surface area (Å²) in [6, 6.07) is 0. The van der Waals surface area contributed by atoms with E-state index in [9.17, 15) is 5.11 Å². The predicted octanol–water partition coefficient (Wildman–Crippen LogP) is 2.29. The lowest BCUT2D eigenvalue weighted by molar-refractivity contribution is 0.160. The highest BCUT2D eigenvalue weighted by Crippen LogP contribution is 2.37. The summed E-state index contributed by atoms with van der Waals surface area (Å²) >= 11 is 1.69. The molecule has 4 nitrogen and oxygen atoms in total. The first kappa shape index (κ1) is 14.8. The Bertz CT molecular complexity index is 405. The van der Waals surface area contributed by atoms with Crippen molar-refractivity contribution in [3.8, 4) is 0 Å². The van der Waals surface area contributed by atoms with E-state index in [4.69, 9.17) is 4.98 Å². The van der Waals surface area contributed by atoms with Crippen molar-refractivity contribution in [2.24, 2.45) is 0 Å². The van der Waals surface area contributed by atoms with Crippen LogP contribution in [0.1, 0.15) is 42.9 Å². The third-order valence-electron chi connectivity index (χ3n) is 3.60. The summed E-state index contributed by atoms with van der Waals surface area (Å²) in [5.41, 5.74) is 1.13. The van der Waals surface area contributed by atoms with Crippen molar-refractivity contribution in [1.82, 2.24) is 9.88 Å². The molecule has 1 aromatic rings. The number of hydrogen-bond acceptors (Lipinski definition) is 5. The van der Waals surface area contributed by atoms with E-state index in [0.717, 1.165) is 61.0 Å². The first-order valence-corrected chi connectivity index (χ1v) is 8.00. The average molecular weight is 283 g/mol. The van der Waals surface area contributed by atoms with Crippen molar-refractivity contribution < 1.29 is 5.11 Å². The standard InChI is InChI=1S/C14H25N3OS/c1-4-17(10-6-9-16(2)3)14-15-11-7-5-8-12(18)13(11)19-14/h12,18H,4-10H2,1-3H3. The molecule has 1 N–H and O–H groups in total. The van der Waals surface area contributed by atoms with Crippen LogP contribution < -0.4 is 4.90 Å². The Morgan fingerprint density at radius 1 is 1.37 bits per heavy atom. The number of nitrogens with zero attached hydrogens (tertiary/aromatic N) is 3. The molecule has 0 bridgehead atoms. The molecule has 0 aromatic carbocycles. The minimum absolute atomic E-state index is 0.282. The van der Waals surface area contributed by atoms with Crippen LogP contribution >= 0.6 is 11.3 Å². The van der Waals surface area contributed by atoms with Crippen LogP contribution in [0.15, 0.2) is 0 Å². The average Bonchev–Trinajstić information content (AvgIpc) is 2.79. The van der Waals surface area contributed by atoms with Crippen molar-refractivity contribution in [3.05, 3.63) is 10.6 Å². The Hall–Kier alpha value is -0.650. The van der Waals surface area contributed by atoms with Crippen LogP contribution in [0.3, 0.4) is 0 Å². The third kappa shape index (κ3) is 3.68. The van der Waals surface area contributed by atoms with Gasteiger partial charge >= 0.3 is 0 Å². The summed E-state index contributed by atoms with van der Waals surface area (Å²) in [6.07, 6.45) is 3.84. The fraction of sp³-hybridized carbons (Fsp3) is 0.786. The summed E-state index contributed by atoms with van der Waals surface area (Å²) in [7, 11) is 4.21. The van der Waals surface area contributed by atoms with E-state index in [1.54, 1.807) is 11.3 Å². The molecule has 0 aliphatic heterocycles. The van der Waals surface area contributed by atoms with Crippen LogP contribution in [0.2, 0.25) is 0 Å². The Morgan fingerprint density at radius 2 is 2.16 bits per heavy atom. The molecule has 5 heteroatoms. The Morgan fingerprint density at radius 3 is 2.79 bits per heavy atom. The fourth-order valence-electron chi connectivity index (χ4n) is 2.49. The monoisotopic (exact) mass is 283 g/mol. The van der Waals surface area contributed by atoms with Gasteiger partial charge in [-0.05, 0) is 53.2 Å². The molecular weight excluding hydrogens is 258 g/mol. The molecule has 1 aliphatic rings. The molecule has 0 saturated carbocycles. The van der Waals surface area contributed by atoms with Gasteiger partial charge in [-0.2, -0.15) is 0 Å². The van der Waals surface area contributed by atoms with E-state index in [0.29, 0.717) is 0 Å². The Labute approximate surface area is 120 Å². The molecule has 1 atom stereocenters. The molecule has 0 spiro atoms. The van der Waals surface area contributed by atoms with Gasteiger partial charge in [0, 0.05) is 13.1 Å². The summed E-state index contributed by atoms with van der Waals surface area (Å²) in [6.45, 7) is 5.30. The minimum atomic E-state index is -0.282. The van der Waals surface area contributed by atoms with Gasteiger partial charge in [0.2, 0.25) is 0 Å². The maximum Gasteiger partial charge on any atom is 0.185 e. The molecule has 1 aromatic heterocycles. The summed E-state index contributed by atoms with van der Waals surface area (Å²) < 4.78 is 0. The lowest BCUT2D eigenvalue weighted by atomic mass is 10.0. The Balaban J connectivity index is 2.02. The number of anilines is 1. The highest BCUT2D eigenvalue weighted by Gasteiger charge is 2.24. The molecule has 1 heterocycles. The highest BCUT2D eigenvalue weighted by molar-refractivity contribution is 7.15. The van der Waals surface area contributed by atoms with E-state index in [1.165, 1.54) is 0 Å². The van der Waals surface area contributed by atoms with Crippen LogP contribution in [-0.2, 0) is 6.42 Å². The summed E-state index contributed by atoms with van der Waals surface area (Å²) in [5, 5.41) is 11.1. The van der Waals surface area contributed by atoms with Crippen LogP contribution in [0, 0.1) is 0 Å². The molecule has 0 radical (unpaired) electrons. The molecule has 2 rings (SSSR count). The number of aryl methyl sites for hydroxylation is 1. The zero-order valence-corrected chi connectivity index (χ0v) is 13.0. The second-order valence-corrected chi connectivity index (χ2v) is 6.46. The first-order valence-electron chi connectivity index (χ1n) is 7.19. The largest absolute Gasteiger partial charge is 0.388 e. The zero-order chi connectivity index (χ0) is 13.8. The van der Waals surface area contributed by atoms with Gasteiger partial charge in [-0.25, -0.2) is 4.98 Å². The lowest BCUT2D eigenvalue weighted by Crippen LogP contribution is -2.26. The number of rotatable bonds is 6. The topological polar surface area (TPSA) is 39.6 Å². The van der Waals surface area contributed by atoms with Crippen molar-refractivity contribution in [2.45, 2.75) is 38.7 Å². The fourth-order valence-corrected chi connectivity index (χ4v) is 3.71. The molecule has 0 saturated heterocycles. The van der Waals surface area contributed by atoms with Crippen molar-refractivity contribution in [2.75, 3.05) is 38.6 Å². The smallest absolute Gasteiger partial charge is 0.185 e. The van der Waals surface area contributed by atoms with Crippen molar-refractivity contribution in [1.29, 1.82) is 0 Å². The van der Waals surface area contributed by atoms with Gasteiger partial charge in [-0.3, -0.25) is 0 Å². The number of hydrogen-bond donors (Lipinski definition) is 1. The van der Waals surface area contributed by atoms with Crippen LogP contribution in [0.25, 0.3) is 0 Å². The van der Waals surface area contributed by atoms with E-state index in [2.05, 4.69) is 30.8 Å². The Kier molecular flexibility index (Phi) is 5.19. The SMILES string of the molecule is CCN(CCCN(C)C)c1nc2c(s1)C(O)CCC2. The van der Waals surface area contributed by atoms with Crippen LogP contribution in [0.5, 0.6) is 0 Å². The number of fused-ring (bicyclic) bond motifs is 1. The maximum atomic E-state index is 10.0. The normalized spacial score (nSPS) is 18.7. The third-order valence-corrected chi connectivity index (χ3v) is 4.86. The quantitative estimate of drug-likeness (QED) is 0.869. The van der Waals surface area contributed by atoms with E-state index in [1.807, 2.05) is 0 Å². The highest BCUT2D eigenvalue weighted by atomic mass is 32.1. The second-order valence-electron chi connectivity index (χ2n) is 5.45. The van der Waals surface area contributed by atoms with E-state index in [-0.39, 0.29) is 6.10 Å². The van der Waals surface area contributed by atoms with Gasteiger partial charge in [-0.1, -0.05) is 11.3 Å². The molecule has 1 aliphatic carbocycles. The molecule has 108 valence electrons. The molecule has 1 unspecified atom stereocenters. The van der Waals surface area contributed by atoms with Crippen molar-refractivity contribution >= 4 is 16.5 Å². The van der Waals surface area contributed by atoms with Crippen molar-refractivity contribution in [3.63, 3.8) is 0 Å². The summed E-state index contributed by atoms with van der Waals surface area (Å²) in [4.78, 5) is 10.4. The number of thiazole rings is 1. The van der Waals surface area contributed by atoms with Crippen LogP contribution in [-0.4, -0.2) is 48.7 Å². The van der Waals surface area contributed by atoms with Gasteiger partial charge in [0.25, 0.3) is 0 Å². The molecule has 0 fully saturated rings.